The molecule has 0 rings (SSSR count). The van der Waals surface area contributed by atoms with Crippen LogP contribution in [0.25, 0.3) is 0 Å². The van der Waals surface area contributed by atoms with Gasteiger partial charge in [-0.2, -0.15) is 0 Å². The van der Waals surface area contributed by atoms with E-state index in [1.165, 1.54) is 32.1 Å². The first-order valence-corrected chi connectivity index (χ1v) is 19.8. The number of esters is 2. The molecule has 2 unspecified atom stereocenters. The molecule has 1 N–H and O–H groups in total. The summed E-state index contributed by atoms with van der Waals surface area (Å²) < 4.78 is 31.8. The summed E-state index contributed by atoms with van der Waals surface area (Å²) in [5, 5.41) is 0. The van der Waals surface area contributed by atoms with E-state index in [4.69, 9.17) is 14.0 Å². The molecule has 0 spiro atoms. The molecule has 0 bridgehead atoms. The maximum Gasteiger partial charge on any atom is 0.472 e. The lowest BCUT2D eigenvalue weighted by molar-refractivity contribution is -0.161. The first-order valence-electron chi connectivity index (χ1n) is 18.3. The number of carbonyl (C=O) groups excluding carboxylic acids is 2. The highest BCUT2D eigenvalue weighted by molar-refractivity contribution is 7.47. The number of phosphoric ester groups is 1. The highest BCUT2D eigenvalue weighted by atomic mass is 31.2. The van der Waals surface area contributed by atoms with Gasteiger partial charge >= 0.3 is 19.8 Å². The van der Waals surface area contributed by atoms with Crippen molar-refractivity contribution in [2.24, 2.45) is 0 Å². The molecule has 0 aromatic rings. The van der Waals surface area contributed by atoms with Crippen LogP contribution in [0.5, 0.6) is 0 Å². The number of unbranched alkanes of at least 4 members (excludes halogenated alkanes) is 14. The Morgan fingerprint density at radius 1 is 0.596 bits per heavy atom. The Hall–Kier alpha value is -1.99. The number of hydrogen-bond donors (Lipinski definition) is 1. The van der Waals surface area contributed by atoms with E-state index in [0.29, 0.717) is 6.42 Å². The van der Waals surface area contributed by atoms with Crippen molar-refractivity contribution in [1.29, 1.82) is 0 Å². The van der Waals surface area contributed by atoms with Gasteiger partial charge in [-0.15, -0.1) is 0 Å². The second-order valence-corrected chi connectivity index (χ2v) is 13.6. The van der Waals surface area contributed by atoms with Gasteiger partial charge in [0.25, 0.3) is 0 Å². The summed E-state index contributed by atoms with van der Waals surface area (Å²) >= 11 is 0. The molecule has 0 heterocycles. The third kappa shape index (κ3) is 33.7. The van der Waals surface area contributed by atoms with Gasteiger partial charge in [-0.3, -0.25) is 18.6 Å². The van der Waals surface area contributed by atoms with Crippen LogP contribution in [0.4, 0.5) is 0 Å². The molecule has 8 nitrogen and oxygen atoms in total. The van der Waals surface area contributed by atoms with Gasteiger partial charge in [0.2, 0.25) is 0 Å². The van der Waals surface area contributed by atoms with E-state index >= 15 is 0 Å². The molecule has 0 aromatic carbocycles. The van der Waals surface area contributed by atoms with Crippen molar-refractivity contribution in [3.8, 4) is 0 Å². The quantitative estimate of drug-likeness (QED) is 0.0315. The van der Waals surface area contributed by atoms with Gasteiger partial charge in [-0.1, -0.05) is 127 Å². The summed E-state index contributed by atoms with van der Waals surface area (Å²) in [6.45, 7) is 3.76. The second-order valence-electron chi connectivity index (χ2n) is 12.0. The zero-order valence-corrected chi connectivity index (χ0v) is 30.8. The van der Waals surface area contributed by atoms with Gasteiger partial charge in [0.1, 0.15) is 6.61 Å². The second kappa shape index (κ2) is 33.9. The lowest BCUT2D eigenvalue weighted by Gasteiger charge is -2.19. The molecule has 0 aliphatic carbocycles. The van der Waals surface area contributed by atoms with Gasteiger partial charge in [-0.05, 0) is 64.2 Å². The van der Waals surface area contributed by atoms with Crippen molar-refractivity contribution >= 4 is 19.8 Å². The Morgan fingerprint density at radius 2 is 1.02 bits per heavy atom. The lowest BCUT2D eigenvalue weighted by Crippen LogP contribution is -2.29. The van der Waals surface area contributed by atoms with Crippen LogP contribution in [0.15, 0.2) is 48.6 Å². The molecule has 0 aromatic heterocycles. The van der Waals surface area contributed by atoms with E-state index < -0.39 is 32.5 Å². The van der Waals surface area contributed by atoms with Gasteiger partial charge in [-0.25, -0.2) is 4.57 Å². The average molecular weight is 683 g/mol. The Balaban J connectivity index is 4.14. The van der Waals surface area contributed by atoms with E-state index in [1.807, 2.05) is 0 Å². The molecule has 9 heteroatoms. The number of hydrogen-bond acceptors (Lipinski definition) is 7. The highest BCUT2D eigenvalue weighted by Crippen LogP contribution is 2.42. The third-order valence-electron chi connectivity index (χ3n) is 7.55. The number of carbonyl (C=O) groups is 2. The first kappa shape index (κ1) is 45.0. The monoisotopic (exact) mass is 682 g/mol. The van der Waals surface area contributed by atoms with Crippen LogP contribution in [-0.4, -0.2) is 43.3 Å². The maximum atomic E-state index is 12.4. The molecule has 0 radical (unpaired) electrons. The van der Waals surface area contributed by atoms with Gasteiger partial charge in [0, 0.05) is 20.0 Å². The van der Waals surface area contributed by atoms with Crippen molar-refractivity contribution in [3.63, 3.8) is 0 Å². The van der Waals surface area contributed by atoms with Crippen LogP contribution in [0.1, 0.15) is 155 Å². The van der Waals surface area contributed by atoms with Crippen LogP contribution in [-0.2, 0) is 32.7 Å². The van der Waals surface area contributed by atoms with Crippen LogP contribution < -0.4 is 0 Å². The van der Waals surface area contributed by atoms with Crippen LogP contribution in [0.3, 0.4) is 0 Å². The zero-order chi connectivity index (χ0) is 34.7. The lowest BCUT2D eigenvalue weighted by atomic mass is 10.1. The number of rotatable bonds is 33. The number of phosphoric acid groups is 1. The van der Waals surface area contributed by atoms with Gasteiger partial charge in [0.15, 0.2) is 6.10 Å². The normalized spacial score (nSPS) is 14.0. The summed E-state index contributed by atoms with van der Waals surface area (Å²) in [5.74, 6) is -0.841. The van der Waals surface area contributed by atoms with Crippen molar-refractivity contribution in [2.45, 2.75) is 161 Å². The van der Waals surface area contributed by atoms with E-state index in [1.54, 1.807) is 0 Å². The molecular weight excluding hydrogens is 615 g/mol. The first-order chi connectivity index (χ1) is 22.8. The molecule has 0 fully saturated rings. The van der Waals surface area contributed by atoms with Crippen molar-refractivity contribution < 1.29 is 37.6 Å². The summed E-state index contributed by atoms with van der Waals surface area (Å²) in [7, 11) is -3.21. The maximum absolute atomic E-state index is 12.4. The smallest absolute Gasteiger partial charge is 0.462 e. The van der Waals surface area contributed by atoms with E-state index in [-0.39, 0.29) is 19.4 Å². The van der Waals surface area contributed by atoms with Gasteiger partial charge in [0.05, 0.1) is 6.61 Å². The fourth-order valence-corrected chi connectivity index (χ4v) is 5.09. The van der Waals surface area contributed by atoms with Crippen LogP contribution in [0.2, 0.25) is 0 Å². The highest BCUT2D eigenvalue weighted by Gasteiger charge is 2.24. The Bertz CT molecular complexity index is 911. The topological polar surface area (TPSA) is 108 Å². The minimum absolute atomic E-state index is 0.224. The van der Waals surface area contributed by atoms with Crippen LogP contribution in [0, 0.1) is 0 Å². The van der Waals surface area contributed by atoms with Crippen LogP contribution >= 0.6 is 7.82 Å². The fourth-order valence-electron chi connectivity index (χ4n) is 4.63. The van der Waals surface area contributed by atoms with E-state index in [9.17, 15) is 19.0 Å². The molecular formula is C38H67O8P. The molecule has 0 saturated heterocycles. The Morgan fingerprint density at radius 3 is 1.49 bits per heavy atom. The largest absolute Gasteiger partial charge is 0.472 e. The number of allylic oxidation sites excluding steroid dienone is 8. The van der Waals surface area contributed by atoms with Gasteiger partial charge < -0.3 is 14.4 Å². The van der Waals surface area contributed by atoms with Crippen molar-refractivity contribution in [3.05, 3.63) is 48.6 Å². The molecule has 0 aliphatic rings. The Labute approximate surface area is 287 Å². The molecule has 2 atom stereocenters. The molecule has 0 amide bonds. The zero-order valence-electron chi connectivity index (χ0n) is 29.9. The van der Waals surface area contributed by atoms with Crippen molar-refractivity contribution in [2.75, 3.05) is 20.3 Å². The summed E-state index contributed by atoms with van der Waals surface area (Å²) in [5.41, 5.74) is 0. The molecule has 0 aliphatic heterocycles. The molecule has 272 valence electrons. The molecule has 47 heavy (non-hydrogen) atoms. The minimum atomic E-state index is -4.26. The predicted octanol–water partition coefficient (Wildman–Crippen LogP) is 11.1. The summed E-state index contributed by atoms with van der Waals surface area (Å²) in [6.07, 6.45) is 38.7. The summed E-state index contributed by atoms with van der Waals surface area (Å²) in [6, 6.07) is 0. The minimum Gasteiger partial charge on any atom is -0.462 e. The Kier molecular flexibility index (Phi) is 32.5. The predicted molar refractivity (Wildman–Crippen MR) is 193 cm³/mol. The third-order valence-corrected chi connectivity index (χ3v) is 8.48. The van der Waals surface area contributed by atoms with E-state index in [2.05, 4.69) is 67.0 Å². The standard InChI is InChI=1S/C38H67O8P/c1-4-6-8-10-12-14-16-18-20-22-24-26-28-30-32-37(39)44-34-36(35-45-47(41,42)43-3)46-38(40)33-31-29-27-25-23-21-19-17-15-13-11-9-7-5-2/h10-13,16-19,36H,4-9,14-15,20-35H2,1-3H3,(H,41,42)/b12-10-,13-11-,18-16-,19-17-. The molecule has 0 saturated carbocycles. The number of ether oxygens (including phenoxy) is 2. The fraction of sp³-hybridized carbons (Fsp3) is 0.737. The van der Waals surface area contributed by atoms with E-state index in [0.717, 1.165) is 97.0 Å². The van der Waals surface area contributed by atoms with Crippen molar-refractivity contribution in [1.82, 2.24) is 0 Å². The summed E-state index contributed by atoms with van der Waals surface area (Å²) in [4.78, 5) is 34.3. The SMILES string of the molecule is CCCC/C=C\C/C=C\CCCCCCCC(=O)OCC(COP(=O)(O)OC)OC(=O)CCCCCCC/C=C\C/C=C\CCCC. The average Bonchev–Trinajstić information content (AvgIpc) is 3.06.